The van der Waals surface area contributed by atoms with Gasteiger partial charge in [0.1, 0.15) is 5.78 Å². The number of fused-ring (bicyclic) bond motifs is 1. The van der Waals surface area contributed by atoms with Gasteiger partial charge in [-0.1, -0.05) is 18.2 Å². The highest BCUT2D eigenvalue weighted by Crippen LogP contribution is 2.29. The summed E-state index contributed by atoms with van der Waals surface area (Å²) in [5, 5.41) is 1.17. The molecule has 0 aliphatic heterocycles. The number of carbonyl (C=O) groups excluding carboxylic acids is 1. The average molecular weight is 216 g/mol. The fourth-order valence-electron chi connectivity index (χ4n) is 2.17. The average Bonchev–Trinajstić information content (AvgIpc) is 2.52. The Bertz CT molecular complexity index is 528. The lowest BCUT2D eigenvalue weighted by Gasteiger charge is -2.17. The molecular formula is C13H16N2O. The predicted molar refractivity (Wildman–Crippen MR) is 67.0 cm³/mol. The highest BCUT2D eigenvalue weighted by Gasteiger charge is 2.12. The van der Waals surface area contributed by atoms with Gasteiger partial charge in [-0.3, -0.25) is 4.79 Å². The Kier molecular flexibility index (Phi) is 2.69. The number of ketones is 1. The topological polar surface area (TPSA) is 36.1 Å². The summed E-state index contributed by atoms with van der Waals surface area (Å²) >= 11 is 0. The van der Waals surface area contributed by atoms with Gasteiger partial charge in [-0.2, -0.15) is 0 Å². The van der Waals surface area contributed by atoms with Crippen LogP contribution in [0.3, 0.4) is 0 Å². The van der Waals surface area contributed by atoms with Gasteiger partial charge in [0.15, 0.2) is 0 Å². The molecule has 0 aliphatic rings. The number of Topliss-reactive ketones (excluding diaryl/α,β-unsaturated/α-hetero) is 1. The van der Waals surface area contributed by atoms with Crippen molar-refractivity contribution in [1.82, 2.24) is 4.98 Å². The van der Waals surface area contributed by atoms with E-state index in [9.17, 15) is 4.79 Å². The smallest absolute Gasteiger partial charge is 0.149 e. The maximum absolute atomic E-state index is 11.1. The van der Waals surface area contributed by atoms with Crippen LogP contribution in [0.4, 0.5) is 5.69 Å². The van der Waals surface area contributed by atoms with Crippen LogP contribution in [-0.2, 0) is 4.79 Å². The van der Waals surface area contributed by atoms with Crippen molar-refractivity contribution in [3.63, 3.8) is 0 Å². The highest BCUT2D eigenvalue weighted by atomic mass is 16.1. The van der Waals surface area contributed by atoms with E-state index < -0.39 is 0 Å². The Hall–Kier alpha value is -1.77. The molecule has 0 fully saturated rings. The largest absolute Gasteiger partial charge is 0.365 e. The second-order valence-electron chi connectivity index (χ2n) is 4.20. The second-order valence-corrected chi connectivity index (χ2v) is 4.20. The first-order valence-electron chi connectivity index (χ1n) is 5.37. The fourth-order valence-corrected chi connectivity index (χ4v) is 2.17. The van der Waals surface area contributed by atoms with Crippen molar-refractivity contribution in [3.8, 4) is 0 Å². The number of likely N-dealkylation sites (N-methyl/N-ethyl adjacent to an activating group) is 1. The number of benzene rings is 1. The van der Waals surface area contributed by atoms with Crippen LogP contribution in [0.1, 0.15) is 12.6 Å². The van der Waals surface area contributed by atoms with Crippen LogP contribution in [0.25, 0.3) is 10.9 Å². The summed E-state index contributed by atoms with van der Waals surface area (Å²) in [5.74, 6) is 0.173. The molecule has 0 bridgehead atoms. The number of nitrogens with one attached hydrogen (secondary N) is 1. The zero-order valence-electron chi connectivity index (χ0n) is 9.87. The van der Waals surface area contributed by atoms with Crippen LogP contribution < -0.4 is 4.90 Å². The van der Waals surface area contributed by atoms with Gasteiger partial charge in [-0.25, -0.2) is 0 Å². The van der Waals surface area contributed by atoms with Gasteiger partial charge in [-0.15, -0.1) is 0 Å². The Morgan fingerprint density at radius 1 is 1.38 bits per heavy atom. The molecule has 1 aromatic heterocycles. The van der Waals surface area contributed by atoms with E-state index in [0.29, 0.717) is 6.54 Å². The summed E-state index contributed by atoms with van der Waals surface area (Å²) in [6, 6.07) is 8.14. The third-order valence-corrected chi connectivity index (χ3v) is 2.70. The van der Waals surface area contributed by atoms with Crippen LogP contribution in [0.5, 0.6) is 0 Å². The molecule has 0 amide bonds. The molecular weight excluding hydrogens is 200 g/mol. The SMILES string of the molecule is CC(=O)CN(C)c1c(C)[nH]c2ccccc12. The van der Waals surface area contributed by atoms with Crippen molar-refractivity contribution < 1.29 is 4.79 Å². The summed E-state index contributed by atoms with van der Waals surface area (Å²) in [5.41, 5.74) is 3.33. The minimum Gasteiger partial charge on any atom is -0.365 e. The molecule has 1 N–H and O–H groups in total. The lowest BCUT2D eigenvalue weighted by Crippen LogP contribution is -2.24. The Morgan fingerprint density at radius 2 is 2.06 bits per heavy atom. The van der Waals surface area contributed by atoms with Gasteiger partial charge in [0, 0.05) is 23.6 Å². The van der Waals surface area contributed by atoms with Crippen molar-refractivity contribution in [2.75, 3.05) is 18.5 Å². The first kappa shape index (κ1) is 10.7. The third kappa shape index (κ3) is 1.81. The molecule has 1 heterocycles. The van der Waals surface area contributed by atoms with E-state index in [4.69, 9.17) is 0 Å². The number of hydrogen-bond acceptors (Lipinski definition) is 2. The van der Waals surface area contributed by atoms with Crippen LogP contribution in [0, 0.1) is 6.92 Å². The predicted octanol–water partition coefficient (Wildman–Crippen LogP) is 2.50. The molecule has 0 spiro atoms. The first-order valence-corrected chi connectivity index (χ1v) is 5.37. The summed E-state index contributed by atoms with van der Waals surface area (Å²) in [6.07, 6.45) is 0. The van der Waals surface area contributed by atoms with Crippen LogP contribution >= 0.6 is 0 Å². The number of anilines is 1. The van der Waals surface area contributed by atoms with Gasteiger partial charge in [0.2, 0.25) is 0 Å². The number of para-hydroxylation sites is 1. The van der Waals surface area contributed by atoms with Crippen molar-refractivity contribution in [1.29, 1.82) is 0 Å². The molecule has 3 nitrogen and oxygen atoms in total. The maximum Gasteiger partial charge on any atom is 0.149 e. The molecule has 2 aromatic rings. The summed E-state index contributed by atoms with van der Waals surface area (Å²) in [6.45, 7) is 4.09. The molecule has 0 radical (unpaired) electrons. The molecule has 16 heavy (non-hydrogen) atoms. The van der Waals surface area contributed by atoms with Crippen molar-refractivity contribution >= 4 is 22.4 Å². The fraction of sp³-hybridized carbons (Fsp3) is 0.308. The summed E-state index contributed by atoms with van der Waals surface area (Å²) < 4.78 is 0. The number of aromatic nitrogens is 1. The quantitative estimate of drug-likeness (QED) is 0.855. The highest BCUT2D eigenvalue weighted by molar-refractivity contribution is 5.96. The molecule has 1 aromatic carbocycles. The van der Waals surface area contributed by atoms with Crippen molar-refractivity contribution in [2.45, 2.75) is 13.8 Å². The summed E-state index contributed by atoms with van der Waals surface area (Å²) in [7, 11) is 1.95. The van der Waals surface area contributed by atoms with Crippen molar-refractivity contribution in [3.05, 3.63) is 30.0 Å². The minimum atomic E-state index is 0.173. The molecule has 2 rings (SSSR count). The zero-order valence-corrected chi connectivity index (χ0v) is 9.87. The molecule has 0 atom stereocenters. The van der Waals surface area contributed by atoms with Crippen LogP contribution in [0.15, 0.2) is 24.3 Å². The molecule has 84 valence electrons. The number of aromatic amines is 1. The van der Waals surface area contributed by atoms with Gasteiger partial charge in [0.25, 0.3) is 0 Å². The Labute approximate surface area is 95.1 Å². The third-order valence-electron chi connectivity index (χ3n) is 2.70. The summed E-state index contributed by atoms with van der Waals surface area (Å²) in [4.78, 5) is 16.5. The van der Waals surface area contributed by atoms with Crippen LogP contribution in [0.2, 0.25) is 0 Å². The van der Waals surface area contributed by atoms with E-state index in [1.807, 2.05) is 37.1 Å². The number of aryl methyl sites for hydroxylation is 1. The van der Waals surface area contributed by atoms with E-state index in [1.54, 1.807) is 6.92 Å². The van der Waals surface area contributed by atoms with Crippen LogP contribution in [-0.4, -0.2) is 24.4 Å². The normalized spacial score (nSPS) is 10.7. The monoisotopic (exact) mass is 216 g/mol. The van der Waals surface area contributed by atoms with Gasteiger partial charge in [0.05, 0.1) is 12.2 Å². The van der Waals surface area contributed by atoms with Gasteiger partial charge >= 0.3 is 0 Å². The van der Waals surface area contributed by atoms with Crippen molar-refractivity contribution in [2.24, 2.45) is 0 Å². The number of hydrogen-bond donors (Lipinski definition) is 1. The minimum absolute atomic E-state index is 0.173. The lowest BCUT2D eigenvalue weighted by molar-refractivity contribution is -0.115. The Balaban J connectivity index is 2.50. The van der Waals surface area contributed by atoms with E-state index in [2.05, 4.69) is 11.1 Å². The second kappa shape index (κ2) is 4.00. The molecule has 0 saturated heterocycles. The van der Waals surface area contributed by atoms with E-state index in [1.165, 1.54) is 5.39 Å². The number of H-pyrrole nitrogens is 1. The zero-order chi connectivity index (χ0) is 11.7. The maximum atomic E-state index is 11.1. The molecule has 0 saturated carbocycles. The first-order chi connectivity index (χ1) is 7.59. The number of nitrogens with zero attached hydrogens (tertiary/aromatic N) is 1. The standard InChI is InChI=1S/C13H16N2O/c1-9(16)8-15(3)13-10(2)14-12-7-5-4-6-11(12)13/h4-7,14H,8H2,1-3H3. The van der Waals surface area contributed by atoms with E-state index in [-0.39, 0.29) is 5.78 Å². The Morgan fingerprint density at radius 3 is 2.75 bits per heavy atom. The lowest BCUT2D eigenvalue weighted by atomic mass is 10.2. The van der Waals surface area contributed by atoms with Gasteiger partial charge in [-0.05, 0) is 19.9 Å². The van der Waals surface area contributed by atoms with Gasteiger partial charge < -0.3 is 9.88 Å². The van der Waals surface area contributed by atoms with E-state index >= 15 is 0 Å². The molecule has 3 heteroatoms. The molecule has 0 aliphatic carbocycles. The number of rotatable bonds is 3. The molecule has 0 unspecified atom stereocenters. The van der Waals surface area contributed by atoms with E-state index in [0.717, 1.165) is 16.9 Å². The number of carbonyl (C=O) groups is 1.